The van der Waals surface area contributed by atoms with Gasteiger partial charge in [-0.25, -0.2) is 10.8 Å². The number of nitrogens with zero attached hydrogens (tertiary/aromatic N) is 3. The summed E-state index contributed by atoms with van der Waals surface area (Å²) in [5, 5.41) is 3.22. The van der Waals surface area contributed by atoms with Crippen molar-refractivity contribution in [3.05, 3.63) is 10.7 Å². The lowest BCUT2D eigenvalue weighted by atomic mass is 10.5. The number of aromatic nitrogens is 2. The van der Waals surface area contributed by atoms with Gasteiger partial charge in [0.15, 0.2) is 0 Å². The molecule has 0 spiro atoms. The van der Waals surface area contributed by atoms with Gasteiger partial charge in [0.2, 0.25) is 5.95 Å². The van der Waals surface area contributed by atoms with Crippen molar-refractivity contribution in [3.63, 3.8) is 0 Å². The summed E-state index contributed by atoms with van der Waals surface area (Å²) in [6.07, 6.45) is 1.66. The van der Waals surface area contributed by atoms with Crippen molar-refractivity contribution in [3.8, 4) is 0 Å². The fourth-order valence-electron chi connectivity index (χ4n) is 1.08. The summed E-state index contributed by atoms with van der Waals surface area (Å²) in [6.45, 7) is 4.93. The van der Waals surface area contributed by atoms with Gasteiger partial charge in [0.05, 0.1) is 4.47 Å². The molecular weight excluding hydrogens is 272 g/mol. The van der Waals surface area contributed by atoms with Crippen molar-refractivity contribution < 1.29 is 0 Å². The Bertz CT molecular complexity index is 332. The number of nitrogen functional groups attached to an aromatic ring is 1. The minimum absolute atomic E-state index is 0.398. The molecule has 1 aromatic heterocycles. The molecule has 1 rings (SSSR count). The van der Waals surface area contributed by atoms with Crippen LogP contribution in [0.2, 0.25) is 0 Å². The Hall–Kier alpha value is -0.920. The maximum Gasteiger partial charge on any atom is 0.239 e. The van der Waals surface area contributed by atoms with Crippen LogP contribution < -0.4 is 16.6 Å². The number of hydrazine groups is 1. The first-order valence-corrected chi connectivity index (χ1v) is 5.88. The molecule has 1 heterocycles. The van der Waals surface area contributed by atoms with Crippen LogP contribution in [0.15, 0.2) is 10.7 Å². The van der Waals surface area contributed by atoms with E-state index >= 15 is 0 Å². The third-order valence-corrected chi connectivity index (χ3v) is 2.78. The molecule has 7 heteroatoms. The molecule has 0 aliphatic carbocycles. The highest BCUT2D eigenvalue weighted by Gasteiger charge is 2.03. The van der Waals surface area contributed by atoms with E-state index in [1.54, 1.807) is 6.20 Å². The minimum atomic E-state index is 0.398. The van der Waals surface area contributed by atoms with Gasteiger partial charge in [-0.1, -0.05) is 6.92 Å². The van der Waals surface area contributed by atoms with E-state index in [-0.39, 0.29) is 0 Å². The van der Waals surface area contributed by atoms with Gasteiger partial charge in [-0.15, -0.1) is 0 Å². The van der Waals surface area contributed by atoms with E-state index in [0.29, 0.717) is 5.95 Å². The summed E-state index contributed by atoms with van der Waals surface area (Å²) >= 11 is 3.37. The van der Waals surface area contributed by atoms with Crippen LogP contribution >= 0.6 is 15.9 Å². The maximum atomic E-state index is 5.24. The summed E-state index contributed by atoms with van der Waals surface area (Å²) in [7, 11) is 2.07. The second-order valence-corrected chi connectivity index (χ2v) is 4.21. The fourth-order valence-corrected chi connectivity index (χ4v) is 1.42. The zero-order chi connectivity index (χ0) is 12.0. The van der Waals surface area contributed by atoms with Crippen molar-refractivity contribution in [2.45, 2.75) is 6.92 Å². The standard InChI is InChI=1S/C9H17BrN6/c1-3-16(2)5-4-12-8-7(10)6-13-9(14-8)15-11/h6H,3-5,11H2,1-2H3,(H2,12,13,14,15). The zero-order valence-electron chi connectivity index (χ0n) is 9.50. The lowest BCUT2D eigenvalue weighted by molar-refractivity contribution is 0.367. The smallest absolute Gasteiger partial charge is 0.239 e. The van der Waals surface area contributed by atoms with Gasteiger partial charge < -0.3 is 10.2 Å². The highest BCUT2D eigenvalue weighted by atomic mass is 79.9. The van der Waals surface area contributed by atoms with Crippen LogP contribution in [-0.2, 0) is 0 Å². The third-order valence-electron chi connectivity index (χ3n) is 2.20. The summed E-state index contributed by atoms with van der Waals surface area (Å²) in [5.74, 6) is 6.38. The summed E-state index contributed by atoms with van der Waals surface area (Å²) < 4.78 is 0.825. The molecule has 0 amide bonds. The number of halogens is 1. The minimum Gasteiger partial charge on any atom is -0.368 e. The van der Waals surface area contributed by atoms with Crippen LogP contribution in [0.25, 0.3) is 0 Å². The third kappa shape index (κ3) is 3.92. The molecule has 16 heavy (non-hydrogen) atoms. The number of rotatable bonds is 6. The quantitative estimate of drug-likeness (QED) is 0.533. The number of hydrogen-bond acceptors (Lipinski definition) is 6. The first-order chi connectivity index (χ1) is 7.67. The Morgan fingerprint density at radius 1 is 1.56 bits per heavy atom. The second-order valence-electron chi connectivity index (χ2n) is 3.36. The molecular formula is C9H17BrN6. The van der Waals surface area contributed by atoms with Gasteiger partial charge in [-0.05, 0) is 29.5 Å². The molecule has 0 saturated carbocycles. The van der Waals surface area contributed by atoms with Crippen LogP contribution in [0.5, 0.6) is 0 Å². The highest BCUT2D eigenvalue weighted by Crippen LogP contribution is 2.19. The molecule has 0 aromatic carbocycles. The molecule has 0 aliphatic heterocycles. The number of nitrogens with one attached hydrogen (secondary N) is 2. The molecule has 4 N–H and O–H groups in total. The number of hydrogen-bond donors (Lipinski definition) is 3. The van der Waals surface area contributed by atoms with Crippen LogP contribution in [0.4, 0.5) is 11.8 Å². The maximum absolute atomic E-state index is 5.24. The van der Waals surface area contributed by atoms with Gasteiger partial charge in [0.1, 0.15) is 5.82 Å². The second kappa shape index (κ2) is 6.62. The van der Waals surface area contributed by atoms with E-state index in [1.165, 1.54) is 0 Å². The Morgan fingerprint density at radius 2 is 2.31 bits per heavy atom. The van der Waals surface area contributed by atoms with Crippen LogP contribution in [-0.4, -0.2) is 41.5 Å². The highest BCUT2D eigenvalue weighted by molar-refractivity contribution is 9.10. The van der Waals surface area contributed by atoms with Crippen molar-refractivity contribution in [2.24, 2.45) is 5.84 Å². The topological polar surface area (TPSA) is 79.1 Å². The van der Waals surface area contributed by atoms with Gasteiger partial charge >= 0.3 is 0 Å². The largest absolute Gasteiger partial charge is 0.368 e. The average Bonchev–Trinajstić information content (AvgIpc) is 2.31. The lowest BCUT2D eigenvalue weighted by Gasteiger charge is -2.15. The molecule has 0 radical (unpaired) electrons. The van der Waals surface area contributed by atoms with Crippen LogP contribution in [0.1, 0.15) is 6.92 Å². The Balaban J connectivity index is 2.52. The molecule has 90 valence electrons. The molecule has 0 atom stereocenters. The number of nitrogens with two attached hydrogens (primary N) is 1. The molecule has 6 nitrogen and oxygen atoms in total. The van der Waals surface area contributed by atoms with Gasteiger partial charge in [0, 0.05) is 19.3 Å². The van der Waals surface area contributed by atoms with Crippen molar-refractivity contribution in [1.29, 1.82) is 0 Å². The molecule has 0 unspecified atom stereocenters. The first kappa shape index (κ1) is 13.1. The van der Waals surface area contributed by atoms with E-state index in [4.69, 9.17) is 5.84 Å². The Kier molecular flexibility index (Phi) is 5.44. The van der Waals surface area contributed by atoms with E-state index in [2.05, 4.69) is 55.5 Å². The van der Waals surface area contributed by atoms with Crippen molar-refractivity contribution in [1.82, 2.24) is 14.9 Å². The first-order valence-electron chi connectivity index (χ1n) is 5.09. The molecule has 1 aromatic rings. The summed E-state index contributed by atoms with van der Waals surface area (Å²) in [4.78, 5) is 10.4. The SMILES string of the molecule is CCN(C)CCNc1nc(NN)ncc1Br. The Labute approximate surface area is 104 Å². The molecule has 0 aliphatic rings. The molecule has 0 bridgehead atoms. The van der Waals surface area contributed by atoms with Gasteiger partial charge in [-0.2, -0.15) is 4.98 Å². The Morgan fingerprint density at radius 3 is 2.94 bits per heavy atom. The zero-order valence-corrected chi connectivity index (χ0v) is 11.1. The van der Waals surface area contributed by atoms with Crippen LogP contribution in [0.3, 0.4) is 0 Å². The number of likely N-dealkylation sites (N-methyl/N-ethyl adjacent to an activating group) is 1. The lowest BCUT2D eigenvalue weighted by Crippen LogP contribution is -2.25. The number of anilines is 2. The molecule has 0 fully saturated rings. The van der Waals surface area contributed by atoms with Crippen LogP contribution in [0, 0.1) is 0 Å². The van der Waals surface area contributed by atoms with Gasteiger partial charge in [-0.3, -0.25) is 5.43 Å². The molecule has 0 saturated heterocycles. The average molecular weight is 289 g/mol. The van der Waals surface area contributed by atoms with E-state index in [9.17, 15) is 0 Å². The predicted molar refractivity (Wildman–Crippen MR) is 69.2 cm³/mol. The summed E-state index contributed by atoms with van der Waals surface area (Å²) in [5.41, 5.74) is 2.41. The normalized spacial score (nSPS) is 10.6. The van der Waals surface area contributed by atoms with Crippen molar-refractivity contribution >= 4 is 27.7 Å². The summed E-state index contributed by atoms with van der Waals surface area (Å²) in [6, 6.07) is 0. The predicted octanol–water partition coefficient (Wildman–Crippen LogP) is 0.888. The fraction of sp³-hybridized carbons (Fsp3) is 0.556. The van der Waals surface area contributed by atoms with E-state index in [1.807, 2.05) is 0 Å². The van der Waals surface area contributed by atoms with Gasteiger partial charge in [0.25, 0.3) is 0 Å². The van der Waals surface area contributed by atoms with E-state index < -0.39 is 0 Å². The monoisotopic (exact) mass is 288 g/mol. The van der Waals surface area contributed by atoms with Crippen molar-refractivity contribution in [2.75, 3.05) is 37.4 Å². The van der Waals surface area contributed by atoms with E-state index in [0.717, 1.165) is 29.9 Å².